The van der Waals surface area contributed by atoms with Gasteiger partial charge in [0.15, 0.2) is 0 Å². The van der Waals surface area contributed by atoms with Gasteiger partial charge in [-0.15, -0.1) is 0 Å². The van der Waals surface area contributed by atoms with E-state index in [2.05, 4.69) is 0 Å². The monoisotopic (exact) mass is 385 g/mol. The summed E-state index contributed by atoms with van der Waals surface area (Å²) in [5, 5.41) is 20.0. The summed E-state index contributed by atoms with van der Waals surface area (Å²) in [6.07, 6.45) is -0.832. The van der Waals surface area contributed by atoms with Gasteiger partial charge in [-0.3, -0.25) is 4.79 Å². The van der Waals surface area contributed by atoms with Crippen LogP contribution in [0.25, 0.3) is 0 Å². The SMILES string of the molecule is CC(C)(C)OC(=O)N1C(=O)c2c(O)cc(O)cc2[C@@H]1COCc1ccccc1. The van der Waals surface area contributed by atoms with Crippen molar-refractivity contribution in [3.05, 3.63) is 59.2 Å². The van der Waals surface area contributed by atoms with Gasteiger partial charge in [-0.05, 0) is 38.0 Å². The van der Waals surface area contributed by atoms with Crippen LogP contribution in [0, 0.1) is 0 Å². The predicted octanol–water partition coefficient (Wildman–Crippen LogP) is 3.75. The molecule has 0 saturated carbocycles. The molecule has 7 heteroatoms. The first-order valence-corrected chi connectivity index (χ1v) is 8.91. The number of hydrogen-bond acceptors (Lipinski definition) is 6. The number of imide groups is 1. The number of benzene rings is 2. The first kappa shape index (κ1) is 19.7. The Bertz CT molecular complexity index is 888. The van der Waals surface area contributed by atoms with E-state index in [0.717, 1.165) is 16.5 Å². The van der Waals surface area contributed by atoms with Gasteiger partial charge in [0.05, 0.1) is 24.8 Å². The second-order valence-corrected chi connectivity index (χ2v) is 7.60. The lowest BCUT2D eigenvalue weighted by Gasteiger charge is -2.27. The number of rotatable bonds is 4. The van der Waals surface area contributed by atoms with Crippen LogP contribution in [0.1, 0.15) is 48.3 Å². The normalized spacial score (nSPS) is 16.2. The van der Waals surface area contributed by atoms with Crippen molar-refractivity contribution < 1.29 is 29.3 Å². The van der Waals surface area contributed by atoms with Gasteiger partial charge in [-0.2, -0.15) is 0 Å². The lowest BCUT2D eigenvalue weighted by atomic mass is 10.0. The molecular formula is C21H23NO6. The number of nitrogens with zero attached hydrogens (tertiary/aromatic N) is 1. The third kappa shape index (κ3) is 4.09. The fraction of sp³-hybridized carbons (Fsp3) is 0.333. The molecule has 0 saturated heterocycles. The number of phenolic OH excluding ortho intramolecular Hbond substituents is 2. The lowest BCUT2D eigenvalue weighted by molar-refractivity contribution is 0.00542. The highest BCUT2D eigenvalue weighted by Gasteiger charge is 2.44. The van der Waals surface area contributed by atoms with E-state index in [1.165, 1.54) is 6.07 Å². The van der Waals surface area contributed by atoms with E-state index in [1.807, 2.05) is 30.3 Å². The zero-order valence-corrected chi connectivity index (χ0v) is 16.0. The zero-order valence-electron chi connectivity index (χ0n) is 16.0. The van der Waals surface area contributed by atoms with Gasteiger partial charge in [-0.1, -0.05) is 30.3 Å². The van der Waals surface area contributed by atoms with Gasteiger partial charge in [0.25, 0.3) is 5.91 Å². The third-order valence-electron chi connectivity index (χ3n) is 4.21. The molecule has 0 spiro atoms. The van der Waals surface area contributed by atoms with Crippen LogP contribution in [0.3, 0.4) is 0 Å². The van der Waals surface area contributed by atoms with E-state index in [0.29, 0.717) is 5.56 Å². The number of ether oxygens (including phenoxy) is 2. The number of aromatic hydroxyl groups is 2. The van der Waals surface area contributed by atoms with Crippen LogP contribution in [-0.4, -0.2) is 39.3 Å². The standard InChI is InChI=1S/C21H23NO6/c1-21(2,3)28-20(26)22-16(12-27-11-13-7-5-4-6-8-13)15-9-14(23)10-17(24)18(15)19(22)25/h4-10,16,23-24H,11-12H2,1-3H3/t16-/m0/s1. The van der Waals surface area contributed by atoms with Crippen LogP contribution in [-0.2, 0) is 16.1 Å². The molecule has 28 heavy (non-hydrogen) atoms. The van der Waals surface area contributed by atoms with Crippen molar-refractivity contribution in [1.29, 1.82) is 0 Å². The van der Waals surface area contributed by atoms with Crippen LogP contribution in [0.15, 0.2) is 42.5 Å². The minimum absolute atomic E-state index is 0.00420. The maximum Gasteiger partial charge on any atom is 0.417 e. The van der Waals surface area contributed by atoms with Crippen molar-refractivity contribution in [3.63, 3.8) is 0 Å². The fourth-order valence-corrected chi connectivity index (χ4v) is 3.08. The number of fused-ring (bicyclic) bond motifs is 1. The fourth-order valence-electron chi connectivity index (χ4n) is 3.08. The van der Waals surface area contributed by atoms with Crippen molar-refractivity contribution in [2.75, 3.05) is 6.61 Å². The highest BCUT2D eigenvalue weighted by atomic mass is 16.6. The van der Waals surface area contributed by atoms with E-state index in [-0.39, 0.29) is 30.3 Å². The highest BCUT2D eigenvalue weighted by molar-refractivity contribution is 6.09. The van der Waals surface area contributed by atoms with Gasteiger partial charge < -0.3 is 19.7 Å². The number of carbonyl (C=O) groups excluding carboxylic acids is 2. The maximum absolute atomic E-state index is 12.8. The number of carbonyl (C=O) groups is 2. The Morgan fingerprint density at radius 2 is 1.82 bits per heavy atom. The topological polar surface area (TPSA) is 96.3 Å². The van der Waals surface area contributed by atoms with Gasteiger partial charge in [0.1, 0.15) is 17.1 Å². The average molecular weight is 385 g/mol. The summed E-state index contributed by atoms with van der Waals surface area (Å²) in [5.41, 5.74) is 0.430. The molecule has 7 nitrogen and oxygen atoms in total. The summed E-state index contributed by atoms with van der Waals surface area (Å²) in [5.74, 6) is -1.28. The van der Waals surface area contributed by atoms with Crippen molar-refractivity contribution in [2.45, 2.75) is 39.0 Å². The van der Waals surface area contributed by atoms with Crippen molar-refractivity contribution in [2.24, 2.45) is 0 Å². The van der Waals surface area contributed by atoms with Crippen LogP contribution in [0.2, 0.25) is 0 Å². The molecule has 1 atom stereocenters. The Labute approximate surface area is 163 Å². The molecule has 2 amide bonds. The first-order valence-electron chi connectivity index (χ1n) is 8.91. The Balaban J connectivity index is 1.88. The molecule has 0 radical (unpaired) electrons. The largest absolute Gasteiger partial charge is 0.508 e. The van der Waals surface area contributed by atoms with Crippen LogP contribution in [0.5, 0.6) is 11.5 Å². The van der Waals surface area contributed by atoms with Crippen LogP contribution >= 0.6 is 0 Å². The highest BCUT2D eigenvalue weighted by Crippen LogP contribution is 2.41. The summed E-state index contributed by atoms with van der Waals surface area (Å²) in [4.78, 5) is 26.4. The molecule has 148 valence electrons. The minimum atomic E-state index is -0.832. The summed E-state index contributed by atoms with van der Waals surface area (Å²) in [6, 6.07) is 11.1. The number of hydrogen-bond donors (Lipinski definition) is 2. The van der Waals surface area contributed by atoms with E-state index >= 15 is 0 Å². The third-order valence-corrected chi connectivity index (χ3v) is 4.21. The Hall–Kier alpha value is -3.06. The predicted molar refractivity (Wildman–Crippen MR) is 101 cm³/mol. The Morgan fingerprint density at radius 3 is 2.46 bits per heavy atom. The van der Waals surface area contributed by atoms with Gasteiger partial charge in [0, 0.05) is 6.07 Å². The molecule has 0 aromatic heterocycles. The van der Waals surface area contributed by atoms with Crippen molar-refractivity contribution in [3.8, 4) is 11.5 Å². The van der Waals surface area contributed by atoms with E-state index in [1.54, 1.807) is 20.8 Å². The second-order valence-electron chi connectivity index (χ2n) is 7.60. The Kier molecular flexibility index (Phi) is 5.29. The molecule has 1 aliphatic rings. The number of amides is 2. The quantitative estimate of drug-likeness (QED) is 0.832. The van der Waals surface area contributed by atoms with Crippen molar-refractivity contribution in [1.82, 2.24) is 4.90 Å². The van der Waals surface area contributed by atoms with Crippen LogP contribution in [0.4, 0.5) is 4.79 Å². The number of phenols is 2. The molecule has 3 rings (SSSR count). The average Bonchev–Trinajstić information content (AvgIpc) is 2.86. The van der Waals surface area contributed by atoms with Crippen LogP contribution < -0.4 is 0 Å². The molecule has 2 N–H and O–H groups in total. The Morgan fingerprint density at radius 1 is 1.14 bits per heavy atom. The lowest BCUT2D eigenvalue weighted by Crippen LogP contribution is -2.40. The van der Waals surface area contributed by atoms with E-state index < -0.39 is 23.6 Å². The molecule has 0 fully saturated rings. The van der Waals surface area contributed by atoms with Gasteiger partial charge in [0.2, 0.25) is 0 Å². The van der Waals surface area contributed by atoms with Gasteiger partial charge >= 0.3 is 6.09 Å². The molecule has 2 aromatic carbocycles. The molecule has 1 aliphatic heterocycles. The van der Waals surface area contributed by atoms with E-state index in [4.69, 9.17) is 9.47 Å². The van der Waals surface area contributed by atoms with Crippen molar-refractivity contribution >= 4 is 12.0 Å². The second kappa shape index (κ2) is 7.52. The smallest absolute Gasteiger partial charge is 0.417 e. The van der Waals surface area contributed by atoms with E-state index in [9.17, 15) is 19.8 Å². The molecule has 1 heterocycles. The maximum atomic E-state index is 12.8. The summed E-state index contributed by atoms with van der Waals surface area (Å²) < 4.78 is 11.1. The molecule has 0 bridgehead atoms. The summed E-state index contributed by atoms with van der Waals surface area (Å²) in [6.45, 7) is 5.37. The summed E-state index contributed by atoms with van der Waals surface area (Å²) in [7, 11) is 0. The summed E-state index contributed by atoms with van der Waals surface area (Å²) >= 11 is 0. The van der Waals surface area contributed by atoms with Gasteiger partial charge in [-0.25, -0.2) is 9.69 Å². The zero-order chi connectivity index (χ0) is 20.5. The first-order chi connectivity index (χ1) is 13.2. The molecular weight excluding hydrogens is 362 g/mol. The minimum Gasteiger partial charge on any atom is -0.508 e. The molecule has 0 aliphatic carbocycles. The molecule has 2 aromatic rings. The molecule has 0 unspecified atom stereocenters.